The molecule has 2 aliphatic rings. The van der Waals surface area contributed by atoms with Crippen molar-refractivity contribution in [3.63, 3.8) is 0 Å². The minimum Gasteiger partial charge on any atom is -0.465 e. The molecule has 0 amide bonds. The molecule has 278 valence electrons. The second-order valence-corrected chi connectivity index (χ2v) is 16.6. The first-order valence-electron chi connectivity index (χ1n) is 19.3. The standard InChI is InChI=1S/C48H42N3O3S2/c1-3-54-47(52)31-50-46(30-45-49(2)42-18-10-11-20-43(42)55-45)56-44(48(50)53)29-33-23-26-41-39(28-33)37-17-12-19-40(37)51(41)36-24-21-32(22-25-36)27-38(34-13-6-4-7-14-34)35-15-8-5-9-16-35/h4-11,13-16,18,20-30,37,40H,3,12,17,19,31H2,1-2H3/q+1. The van der Waals surface area contributed by atoms with Crippen LogP contribution in [-0.4, -0.2) is 23.2 Å². The van der Waals surface area contributed by atoms with E-state index in [1.807, 2.05) is 31.3 Å². The van der Waals surface area contributed by atoms with Crippen LogP contribution in [-0.2, 0) is 23.1 Å². The summed E-state index contributed by atoms with van der Waals surface area (Å²) in [7, 11) is 2.03. The predicted molar refractivity (Wildman–Crippen MR) is 230 cm³/mol. The zero-order valence-corrected chi connectivity index (χ0v) is 33.1. The number of ether oxygens (including phenoxy) is 1. The number of anilines is 2. The van der Waals surface area contributed by atoms with Crippen LogP contribution in [0.3, 0.4) is 0 Å². The van der Waals surface area contributed by atoms with Crippen LogP contribution in [0.15, 0.2) is 132 Å². The average Bonchev–Trinajstić information content (AvgIpc) is 3.98. The Bertz CT molecular complexity index is 2740. The molecule has 2 aromatic heterocycles. The van der Waals surface area contributed by atoms with E-state index in [9.17, 15) is 9.59 Å². The highest BCUT2D eigenvalue weighted by Gasteiger charge is 2.42. The first-order chi connectivity index (χ1) is 27.4. The van der Waals surface area contributed by atoms with Gasteiger partial charge in [0.05, 0.1) is 17.2 Å². The van der Waals surface area contributed by atoms with Crippen molar-refractivity contribution in [1.29, 1.82) is 0 Å². The van der Waals surface area contributed by atoms with E-state index in [4.69, 9.17) is 4.74 Å². The predicted octanol–water partition coefficient (Wildman–Crippen LogP) is 8.55. The summed E-state index contributed by atoms with van der Waals surface area (Å²) < 4.78 is 11.4. The molecule has 7 aromatic rings. The monoisotopic (exact) mass is 772 g/mol. The molecule has 1 aliphatic heterocycles. The number of aromatic nitrogens is 2. The number of nitrogens with zero attached hydrogens (tertiary/aromatic N) is 3. The van der Waals surface area contributed by atoms with Crippen LogP contribution in [0.5, 0.6) is 0 Å². The minimum atomic E-state index is -0.420. The number of fused-ring (bicyclic) bond motifs is 4. The van der Waals surface area contributed by atoms with Crippen molar-refractivity contribution in [1.82, 2.24) is 4.57 Å². The smallest absolute Gasteiger partial charge is 0.326 e. The highest BCUT2D eigenvalue weighted by Crippen LogP contribution is 2.52. The molecule has 0 spiro atoms. The van der Waals surface area contributed by atoms with Crippen LogP contribution < -0.4 is 24.2 Å². The molecule has 56 heavy (non-hydrogen) atoms. The van der Waals surface area contributed by atoms with Crippen molar-refractivity contribution in [2.24, 2.45) is 7.05 Å². The average molecular weight is 773 g/mol. The highest BCUT2D eigenvalue weighted by molar-refractivity contribution is 7.19. The number of esters is 1. The Balaban J connectivity index is 1.07. The number of hydrogen-bond acceptors (Lipinski definition) is 6. The first-order valence-corrected chi connectivity index (χ1v) is 20.9. The summed E-state index contributed by atoms with van der Waals surface area (Å²) in [6, 6.07) is 45.4. The highest BCUT2D eigenvalue weighted by atomic mass is 32.1. The molecular weight excluding hydrogens is 731 g/mol. The third kappa shape index (κ3) is 6.84. The molecule has 1 saturated carbocycles. The molecule has 1 aliphatic carbocycles. The van der Waals surface area contributed by atoms with Crippen molar-refractivity contribution in [2.75, 3.05) is 11.5 Å². The summed E-state index contributed by atoms with van der Waals surface area (Å²) in [5, 5.41) is 0.999. The molecule has 1 fully saturated rings. The minimum absolute atomic E-state index is 0.130. The quantitative estimate of drug-likeness (QED) is 0.0839. The Labute approximate surface area is 334 Å². The normalized spacial score (nSPS) is 16.6. The molecule has 0 radical (unpaired) electrons. The second-order valence-electron chi connectivity index (χ2n) is 14.4. The topological polar surface area (TPSA) is 55.4 Å². The van der Waals surface area contributed by atoms with Crippen LogP contribution in [0.1, 0.15) is 64.9 Å². The van der Waals surface area contributed by atoms with Crippen molar-refractivity contribution in [3.05, 3.63) is 180 Å². The van der Waals surface area contributed by atoms with Gasteiger partial charge in [0.15, 0.2) is 0 Å². The van der Waals surface area contributed by atoms with Gasteiger partial charge in [0, 0.05) is 29.4 Å². The largest absolute Gasteiger partial charge is 0.465 e. The van der Waals surface area contributed by atoms with Crippen LogP contribution in [0.25, 0.3) is 34.0 Å². The van der Waals surface area contributed by atoms with Crippen LogP contribution in [0.4, 0.5) is 11.4 Å². The van der Waals surface area contributed by atoms with Gasteiger partial charge in [-0.3, -0.25) is 14.2 Å². The van der Waals surface area contributed by atoms with E-state index < -0.39 is 5.97 Å². The summed E-state index contributed by atoms with van der Waals surface area (Å²) in [4.78, 5) is 29.2. The number of thiazole rings is 2. The van der Waals surface area contributed by atoms with Gasteiger partial charge in [0.1, 0.15) is 23.0 Å². The van der Waals surface area contributed by atoms with Crippen molar-refractivity contribution in [2.45, 2.75) is 44.7 Å². The van der Waals surface area contributed by atoms with E-state index in [-0.39, 0.29) is 18.7 Å². The molecular formula is C48H42N3O3S2+. The van der Waals surface area contributed by atoms with Crippen LogP contribution >= 0.6 is 22.7 Å². The molecule has 0 N–H and O–H groups in total. The van der Waals surface area contributed by atoms with E-state index >= 15 is 0 Å². The lowest BCUT2D eigenvalue weighted by molar-refractivity contribution is -0.642. The molecule has 2 atom stereocenters. The Hall–Kier alpha value is -5.83. The van der Waals surface area contributed by atoms with Crippen LogP contribution in [0.2, 0.25) is 0 Å². The number of carbonyl (C=O) groups is 1. The van der Waals surface area contributed by atoms with Gasteiger partial charge in [-0.1, -0.05) is 109 Å². The third-order valence-corrected chi connectivity index (χ3v) is 13.2. The van der Waals surface area contributed by atoms with Gasteiger partial charge in [0.2, 0.25) is 5.52 Å². The maximum absolute atomic E-state index is 14.0. The lowest BCUT2D eigenvalue weighted by atomic mass is 9.95. The Morgan fingerprint density at radius 1 is 0.821 bits per heavy atom. The zero-order valence-electron chi connectivity index (χ0n) is 31.4. The van der Waals surface area contributed by atoms with E-state index in [1.165, 1.54) is 51.4 Å². The molecule has 5 aromatic carbocycles. The second kappa shape index (κ2) is 15.4. The first kappa shape index (κ1) is 35.8. The maximum Gasteiger partial charge on any atom is 0.326 e. The van der Waals surface area contributed by atoms with Gasteiger partial charge in [-0.2, -0.15) is 4.57 Å². The number of benzene rings is 5. The zero-order chi connectivity index (χ0) is 38.2. The Morgan fingerprint density at radius 2 is 1.52 bits per heavy atom. The van der Waals surface area contributed by atoms with Gasteiger partial charge in [-0.25, -0.2) is 0 Å². The summed E-state index contributed by atoms with van der Waals surface area (Å²) in [5.74, 6) is 0.0115. The maximum atomic E-state index is 14.0. The van der Waals surface area contributed by atoms with Gasteiger partial charge in [-0.15, -0.1) is 11.3 Å². The van der Waals surface area contributed by atoms with E-state index in [0.717, 1.165) is 43.9 Å². The van der Waals surface area contributed by atoms with E-state index in [2.05, 4.69) is 131 Å². The van der Waals surface area contributed by atoms with E-state index in [1.54, 1.807) is 22.8 Å². The Morgan fingerprint density at radius 3 is 2.23 bits per heavy atom. The van der Waals surface area contributed by atoms with Gasteiger partial charge >= 0.3 is 5.97 Å². The summed E-state index contributed by atoms with van der Waals surface area (Å²) in [5.41, 5.74) is 10.5. The summed E-state index contributed by atoms with van der Waals surface area (Å²) in [6.07, 6.45) is 9.76. The number of rotatable bonds is 9. The van der Waals surface area contributed by atoms with Gasteiger partial charge in [-0.05, 0) is 95.6 Å². The molecule has 9 rings (SSSR count). The SMILES string of the molecule is CCOC(=O)Cn1c(=Cc2sc3ccccc3[n+]2C)sc(=Cc2ccc3c(c2)C2CCCC2N3c2ccc(C=C(c3ccccc3)c3ccccc3)cc2)c1=O. The fraction of sp³-hybridized carbons (Fsp3) is 0.188. The summed E-state index contributed by atoms with van der Waals surface area (Å²) >= 11 is 3.08. The van der Waals surface area contributed by atoms with Crippen molar-refractivity contribution >= 4 is 74.0 Å². The van der Waals surface area contributed by atoms with Crippen molar-refractivity contribution in [3.8, 4) is 0 Å². The van der Waals surface area contributed by atoms with Crippen molar-refractivity contribution < 1.29 is 14.1 Å². The van der Waals surface area contributed by atoms with Gasteiger partial charge in [0.25, 0.3) is 10.6 Å². The lowest BCUT2D eigenvalue weighted by Gasteiger charge is -2.27. The van der Waals surface area contributed by atoms with Gasteiger partial charge < -0.3 is 9.64 Å². The molecule has 0 saturated heterocycles. The number of hydrogen-bond donors (Lipinski definition) is 0. The Kier molecular flexibility index (Phi) is 9.84. The molecule has 3 heterocycles. The fourth-order valence-electron chi connectivity index (χ4n) is 8.40. The van der Waals surface area contributed by atoms with E-state index in [0.29, 0.717) is 16.5 Å². The molecule has 8 heteroatoms. The lowest BCUT2D eigenvalue weighted by Crippen LogP contribution is -2.35. The third-order valence-electron chi connectivity index (χ3n) is 11.0. The molecule has 6 nitrogen and oxygen atoms in total. The number of aryl methyl sites for hydroxylation is 1. The number of para-hydroxylation sites is 1. The molecule has 0 bridgehead atoms. The summed E-state index contributed by atoms with van der Waals surface area (Å²) in [6.45, 7) is 1.91. The van der Waals surface area contributed by atoms with Crippen LogP contribution in [0, 0.1) is 0 Å². The molecule has 2 unspecified atom stereocenters. The fourth-order valence-corrected chi connectivity index (χ4v) is 10.6. The number of carbonyl (C=O) groups excluding carboxylic acids is 1.